The maximum atomic E-state index is 11.2. The summed E-state index contributed by atoms with van der Waals surface area (Å²) in [4.78, 5) is 15.8. The predicted molar refractivity (Wildman–Crippen MR) is 75.9 cm³/mol. The minimum Gasteiger partial charge on any atom is -0.465 e. The number of methoxy groups -OCH3 is 1. The Labute approximate surface area is 116 Å². The number of thiazole rings is 1. The zero-order chi connectivity index (χ0) is 12.3. The van der Waals surface area contributed by atoms with Crippen molar-refractivity contribution in [2.45, 2.75) is 0 Å². The SMILES string of the molecule is COC(=O)c1cnc(Nc2ccc(I)cc2)s1. The molecule has 0 unspecified atom stereocenters. The van der Waals surface area contributed by atoms with E-state index in [9.17, 15) is 4.79 Å². The summed E-state index contributed by atoms with van der Waals surface area (Å²) in [7, 11) is 1.36. The quantitative estimate of drug-likeness (QED) is 0.674. The van der Waals surface area contributed by atoms with Crippen LogP contribution in [0.4, 0.5) is 10.8 Å². The smallest absolute Gasteiger partial charge is 0.349 e. The largest absolute Gasteiger partial charge is 0.465 e. The van der Waals surface area contributed by atoms with Gasteiger partial charge in [0, 0.05) is 9.26 Å². The average molecular weight is 360 g/mol. The van der Waals surface area contributed by atoms with Crippen molar-refractivity contribution in [3.63, 3.8) is 0 Å². The number of hydrogen-bond acceptors (Lipinski definition) is 5. The minimum absolute atomic E-state index is 0.363. The number of hydrogen-bond donors (Lipinski definition) is 1. The van der Waals surface area contributed by atoms with Gasteiger partial charge in [-0.25, -0.2) is 9.78 Å². The molecule has 0 saturated carbocycles. The number of nitrogens with one attached hydrogen (secondary N) is 1. The zero-order valence-corrected chi connectivity index (χ0v) is 11.9. The number of carbonyl (C=O) groups is 1. The molecule has 1 aromatic carbocycles. The summed E-state index contributed by atoms with van der Waals surface area (Å²) in [5.41, 5.74) is 0.941. The van der Waals surface area contributed by atoms with Crippen LogP contribution in [0.2, 0.25) is 0 Å². The van der Waals surface area contributed by atoms with Crippen LogP contribution in [-0.4, -0.2) is 18.1 Å². The van der Waals surface area contributed by atoms with Gasteiger partial charge < -0.3 is 10.1 Å². The van der Waals surface area contributed by atoms with E-state index in [1.165, 1.54) is 28.2 Å². The van der Waals surface area contributed by atoms with E-state index in [1.54, 1.807) is 0 Å². The second kappa shape index (κ2) is 5.46. The monoisotopic (exact) mass is 360 g/mol. The first-order chi connectivity index (χ1) is 8.19. The van der Waals surface area contributed by atoms with E-state index in [-0.39, 0.29) is 5.97 Å². The van der Waals surface area contributed by atoms with Gasteiger partial charge in [0.2, 0.25) is 0 Å². The van der Waals surface area contributed by atoms with Crippen LogP contribution in [0.25, 0.3) is 0 Å². The van der Waals surface area contributed by atoms with E-state index in [1.807, 2.05) is 24.3 Å². The second-order valence-corrected chi connectivity index (χ2v) is 5.43. The third-order valence-electron chi connectivity index (χ3n) is 1.99. The van der Waals surface area contributed by atoms with Gasteiger partial charge in [0.05, 0.1) is 13.3 Å². The summed E-state index contributed by atoms with van der Waals surface area (Å²) < 4.78 is 5.79. The Morgan fingerprint density at radius 3 is 2.76 bits per heavy atom. The van der Waals surface area contributed by atoms with Crippen LogP contribution >= 0.6 is 33.9 Å². The molecule has 0 aliphatic rings. The summed E-state index contributed by atoms with van der Waals surface area (Å²) in [6, 6.07) is 7.91. The molecule has 1 N–H and O–H groups in total. The third kappa shape index (κ3) is 3.16. The van der Waals surface area contributed by atoms with Crippen LogP contribution in [0.15, 0.2) is 30.5 Å². The second-order valence-electron chi connectivity index (χ2n) is 3.15. The van der Waals surface area contributed by atoms with Crippen LogP contribution in [0.5, 0.6) is 0 Å². The molecule has 1 heterocycles. The molecular weight excluding hydrogens is 351 g/mol. The van der Waals surface area contributed by atoms with Gasteiger partial charge in [-0.1, -0.05) is 11.3 Å². The molecule has 2 aromatic rings. The molecular formula is C11H9IN2O2S. The van der Waals surface area contributed by atoms with Gasteiger partial charge in [0.1, 0.15) is 4.88 Å². The Bertz CT molecular complexity index is 525. The number of rotatable bonds is 3. The lowest BCUT2D eigenvalue weighted by molar-refractivity contribution is 0.0606. The summed E-state index contributed by atoms with van der Waals surface area (Å²) in [5, 5.41) is 3.80. The maximum absolute atomic E-state index is 11.2. The highest BCUT2D eigenvalue weighted by Gasteiger charge is 2.10. The molecule has 0 radical (unpaired) electrons. The van der Waals surface area contributed by atoms with Gasteiger partial charge in [-0.15, -0.1) is 0 Å². The van der Waals surface area contributed by atoms with Gasteiger partial charge in [-0.05, 0) is 46.9 Å². The molecule has 17 heavy (non-hydrogen) atoms. The van der Waals surface area contributed by atoms with E-state index in [4.69, 9.17) is 0 Å². The minimum atomic E-state index is -0.363. The number of anilines is 2. The molecule has 1 aromatic heterocycles. The number of nitrogens with zero attached hydrogens (tertiary/aromatic N) is 1. The van der Waals surface area contributed by atoms with Crippen LogP contribution < -0.4 is 5.32 Å². The van der Waals surface area contributed by atoms with Gasteiger partial charge in [0.25, 0.3) is 0 Å². The summed E-state index contributed by atoms with van der Waals surface area (Å²) >= 11 is 3.51. The van der Waals surface area contributed by atoms with Crippen molar-refractivity contribution >= 4 is 50.7 Å². The van der Waals surface area contributed by atoms with Crippen molar-refractivity contribution in [1.82, 2.24) is 4.98 Å². The third-order valence-corrected chi connectivity index (χ3v) is 3.60. The number of esters is 1. The van der Waals surface area contributed by atoms with Crippen molar-refractivity contribution in [3.05, 3.63) is 38.9 Å². The first-order valence-corrected chi connectivity index (χ1v) is 6.65. The Balaban J connectivity index is 2.11. The van der Waals surface area contributed by atoms with Crippen LogP contribution in [-0.2, 0) is 4.74 Å². The summed E-state index contributed by atoms with van der Waals surface area (Å²) in [6.07, 6.45) is 1.51. The number of halogens is 1. The van der Waals surface area contributed by atoms with E-state index in [0.717, 1.165) is 5.69 Å². The van der Waals surface area contributed by atoms with Crippen molar-refractivity contribution in [2.24, 2.45) is 0 Å². The topological polar surface area (TPSA) is 51.2 Å². The first kappa shape index (κ1) is 12.3. The van der Waals surface area contributed by atoms with Gasteiger partial charge >= 0.3 is 5.97 Å². The lowest BCUT2D eigenvalue weighted by Crippen LogP contribution is -1.96. The lowest BCUT2D eigenvalue weighted by atomic mass is 10.3. The number of ether oxygens (including phenoxy) is 1. The highest BCUT2D eigenvalue weighted by molar-refractivity contribution is 14.1. The molecule has 0 saturated heterocycles. The van der Waals surface area contributed by atoms with E-state index < -0.39 is 0 Å². The first-order valence-electron chi connectivity index (χ1n) is 4.76. The van der Waals surface area contributed by atoms with Gasteiger partial charge in [0.15, 0.2) is 5.13 Å². The molecule has 0 aliphatic heterocycles. The molecule has 88 valence electrons. The van der Waals surface area contributed by atoms with Crippen molar-refractivity contribution < 1.29 is 9.53 Å². The Morgan fingerprint density at radius 1 is 1.41 bits per heavy atom. The van der Waals surface area contributed by atoms with Gasteiger partial charge in [-0.3, -0.25) is 0 Å². The number of benzene rings is 1. The predicted octanol–water partition coefficient (Wildman–Crippen LogP) is 3.28. The van der Waals surface area contributed by atoms with E-state index in [2.05, 4.69) is 37.6 Å². The highest BCUT2D eigenvalue weighted by Crippen LogP contribution is 2.23. The molecule has 2 rings (SSSR count). The molecule has 0 aliphatic carbocycles. The normalized spacial score (nSPS) is 10.0. The highest BCUT2D eigenvalue weighted by atomic mass is 127. The van der Waals surface area contributed by atoms with Crippen LogP contribution in [0.3, 0.4) is 0 Å². The zero-order valence-electron chi connectivity index (χ0n) is 8.94. The number of carbonyl (C=O) groups excluding carboxylic acids is 1. The maximum Gasteiger partial charge on any atom is 0.349 e. The van der Waals surface area contributed by atoms with Crippen LogP contribution in [0.1, 0.15) is 9.67 Å². The van der Waals surface area contributed by atoms with Crippen molar-refractivity contribution in [1.29, 1.82) is 0 Å². The fourth-order valence-electron chi connectivity index (χ4n) is 1.18. The van der Waals surface area contributed by atoms with Gasteiger partial charge in [-0.2, -0.15) is 0 Å². The van der Waals surface area contributed by atoms with Crippen LogP contribution in [0, 0.1) is 3.57 Å². The molecule has 0 atom stereocenters. The molecule has 0 spiro atoms. The standard InChI is InChI=1S/C11H9IN2O2S/c1-16-10(15)9-6-13-11(17-9)14-8-4-2-7(12)3-5-8/h2-6H,1H3,(H,13,14). The fourth-order valence-corrected chi connectivity index (χ4v) is 2.30. The average Bonchev–Trinajstić information content (AvgIpc) is 2.80. The molecule has 0 amide bonds. The Kier molecular flexibility index (Phi) is 3.95. The molecule has 0 fully saturated rings. The lowest BCUT2D eigenvalue weighted by Gasteiger charge is -2.01. The summed E-state index contributed by atoms with van der Waals surface area (Å²) in [5.74, 6) is -0.363. The van der Waals surface area contributed by atoms with E-state index >= 15 is 0 Å². The van der Waals surface area contributed by atoms with E-state index in [0.29, 0.717) is 10.0 Å². The molecule has 0 bridgehead atoms. The Hall–Kier alpha value is -1.15. The molecule has 4 nitrogen and oxygen atoms in total. The van der Waals surface area contributed by atoms with Crippen molar-refractivity contribution in [2.75, 3.05) is 12.4 Å². The van der Waals surface area contributed by atoms with Crippen molar-refractivity contribution in [3.8, 4) is 0 Å². The fraction of sp³-hybridized carbons (Fsp3) is 0.0909. The molecule has 6 heteroatoms. The Morgan fingerprint density at radius 2 is 2.12 bits per heavy atom. The summed E-state index contributed by atoms with van der Waals surface area (Å²) in [6.45, 7) is 0. The number of aromatic nitrogens is 1.